The predicted molar refractivity (Wildman–Crippen MR) is 154 cm³/mol. The third-order valence-corrected chi connectivity index (χ3v) is 7.92. The highest BCUT2D eigenvalue weighted by molar-refractivity contribution is 7.99. The van der Waals surface area contributed by atoms with Crippen LogP contribution in [0, 0.1) is 0 Å². The Hall–Kier alpha value is -4.02. The highest BCUT2D eigenvalue weighted by Gasteiger charge is 2.32. The van der Waals surface area contributed by atoms with Crippen LogP contribution in [0.25, 0.3) is 0 Å². The van der Waals surface area contributed by atoms with E-state index in [1.165, 1.54) is 6.20 Å². The van der Waals surface area contributed by atoms with E-state index in [-0.39, 0.29) is 30.3 Å². The second kappa shape index (κ2) is 13.6. The number of aliphatic hydroxyl groups is 1. The molecular formula is C32H30N2O6S. The first-order valence-electron chi connectivity index (χ1n) is 13.2. The number of carboxylic acids is 1. The molecule has 3 N–H and O–H groups in total. The lowest BCUT2D eigenvalue weighted by molar-refractivity contribution is -0.245. The highest BCUT2D eigenvalue weighted by atomic mass is 32.2. The molecule has 3 atom stereocenters. The molecule has 9 heteroatoms. The first-order valence-corrected chi connectivity index (χ1v) is 14.2. The molecular weight excluding hydrogens is 540 g/mol. The topological polar surface area (TPSA) is 118 Å². The van der Waals surface area contributed by atoms with Gasteiger partial charge in [0.1, 0.15) is 0 Å². The fourth-order valence-electron chi connectivity index (χ4n) is 4.48. The van der Waals surface area contributed by atoms with Crippen LogP contribution in [0.2, 0.25) is 0 Å². The summed E-state index contributed by atoms with van der Waals surface area (Å²) in [5, 5.41) is 21.5. The van der Waals surface area contributed by atoms with Crippen LogP contribution in [-0.2, 0) is 22.6 Å². The van der Waals surface area contributed by atoms with Crippen LogP contribution < -0.4 is 5.32 Å². The summed E-state index contributed by atoms with van der Waals surface area (Å²) in [5.41, 5.74) is 4.40. The third kappa shape index (κ3) is 7.59. The molecule has 5 rings (SSSR count). The van der Waals surface area contributed by atoms with Gasteiger partial charge in [-0.2, -0.15) is 0 Å². The molecule has 0 unspecified atom stereocenters. The molecule has 1 aliphatic rings. The summed E-state index contributed by atoms with van der Waals surface area (Å²) in [6, 6.07) is 25.8. The second-order valence-corrected chi connectivity index (χ2v) is 10.8. The van der Waals surface area contributed by atoms with Crippen molar-refractivity contribution < 1.29 is 29.3 Å². The average molecular weight is 571 g/mol. The quantitative estimate of drug-likeness (QED) is 0.213. The number of hydrogen-bond acceptors (Lipinski definition) is 7. The molecule has 8 nitrogen and oxygen atoms in total. The second-order valence-electron chi connectivity index (χ2n) is 9.66. The minimum atomic E-state index is -0.950. The maximum absolute atomic E-state index is 12.4. The molecule has 1 saturated heterocycles. The summed E-state index contributed by atoms with van der Waals surface area (Å²) in [7, 11) is 0. The average Bonchev–Trinajstić information content (AvgIpc) is 3.03. The Morgan fingerprint density at radius 2 is 1.59 bits per heavy atom. The number of amides is 1. The number of nitrogens with zero attached hydrogens (tertiary/aromatic N) is 1. The van der Waals surface area contributed by atoms with E-state index in [4.69, 9.17) is 14.6 Å². The first-order chi connectivity index (χ1) is 20.0. The molecule has 0 aliphatic carbocycles. The Kier molecular flexibility index (Phi) is 9.43. The number of ether oxygens (including phenoxy) is 2. The van der Waals surface area contributed by atoms with Crippen molar-refractivity contribution in [2.75, 3.05) is 5.75 Å². The normalized spacial score (nSPS) is 18.5. The monoisotopic (exact) mass is 570 g/mol. The van der Waals surface area contributed by atoms with Gasteiger partial charge < -0.3 is 25.0 Å². The molecule has 41 heavy (non-hydrogen) atoms. The summed E-state index contributed by atoms with van der Waals surface area (Å²) >= 11 is 1.61. The van der Waals surface area contributed by atoms with Crippen molar-refractivity contribution >= 4 is 23.6 Å². The Balaban J connectivity index is 1.27. The number of rotatable bonds is 10. The maximum Gasteiger partial charge on any atom is 0.335 e. The molecule has 0 spiro atoms. The van der Waals surface area contributed by atoms with Gasteiger partial charge in [-0.05, 0) is 53.1 Å². The van der Waals surface area contributed by atoms with Crippen molar-refractivity contribution in [1.82, 2.24) is 10.3 Å². The van der Waals surface area contributed by atoms with Crippen LogP contribution in [0.1, 0.15) is 61.8 Å². The van der Waals surface area contributed by atoms with Gasteiger partial charge in [0.25, 0.3) is 5.91 Å². The van der Waals surface area contributed by atoms with Crippen LogP contribution in [-0.4, -0.2) is 38.9 Å². The van der Waals surface area contributed by atoms with Crippen LogP contribution in [0.15, 0.2) is 102 Å². The van der Waals surface area contributed by atoms with Gasteiger partial charge in [-0.1, -0.05) is 48.5 Å². The van der Waals surface area contributed by atoms with Crippen molar-refractivity contribution in [3.05, 3.63) is 131 Å². The fraction of sp³-hybridized carbons (Fsp3) is 0.219. The summed E-state index contributed by atoms with van der Waals surface area (Å²) < 4.78 is 12.8. The van der Waals surface area contributed by atoms with Crippen molar-refractivity contribution in [2.45, 2.75) is 43.0 Å². The van der Waals surface area contributed by atoms with Gasteiger partial charge in [-0.15, -0.1) is 11.8 Å². The SMILES string of the molecule is O=C(O)c1ccc(SC[C@H]2C[C@@H](c3ccc(CO)cc3)O[C@@H](c3ccc(CNC(=O)c4cccnc4)cc3)O2)cc1. The number of carbonyl (C=O) groups is 2. The number of aromatic carboxylic acids is 1. The number of benzene rings is 3. The van der Waals surface area contributed by atoms with Gasteiger partial charge in [0.05, 0.1) is 29.9 Å². The molecule has 1 aliphatic heterocycles. The minimum absolute atomic E-state index is 0.0213. The lowest BCUT2D eigenvalue weighted by Crippen LogP contribution is -2.31. The Bertz CT molecular complexity index is 1450. The molecule has 1 amide bonds. The van der Waals surface area contributed by atoms with Crippen molar-refractivity contribution in [1.29, 1.82) is 0 Å². The Labute approximate surface area is 242 Å². The predicted octanol–water partition coefficient (Wildman–Crippen LogP) is 5.54. The van der Waals surface area contributed by atoms with E-state index in [0.29, 0.717) is 24.3 Å². The number of carboxylic acid groups (broad SMARTS) is 1. The maximum atomic E-state index is 12.4. The number of nitrogens with one attached hydrogen (secondary N) is 1. The zero-order chi connectivity index (χ0) is 28.6. The number of aliphatic hydroxyl groups excluding tert-OH is 1. The largest absolute Gasteiger partial charge is 0.478 e. The van der Waals surface area contributed by atoms with Gasteiger partial charge in [0.2, 0.25) is 0 Å². The van der Waals surface area contributed by atoms with Gasteiger partial charge >= 0.3 is 5.97 Å². The molecule has 1 aromatic heterocycles. The van der Waals surface area contributed by atoms with Gasteiger partial charge in [0, 0.05) is 41.6 Å². The summed E-state index contributed by atoms with van der Waals surface area (Å²) in [6.45, 7) is 0.354. The van der Waals surface area contributed by atoms with E-state index in [1.54, 1.807) is 42.2 Å². The van der Waals surface area contributed by atoms with E-state index >= 15 is 0 Å². The van der Waals surface area contributed by atoms with Crippen molar-refractivity contribution in [2.24, 2.45) is 0 Å². The summed E-state index contributed by atoms with van der Waals surface area (Å²) in [5.74, 6) is -0.473. The molecule has 0 bridgehead atoms. The van der Waals surface area contributed by atoms with Crippen LogP contribution in [0.5, 0.6) is 0 Å². The van der Waals surface area contributed by atoms with Crippen molar-refractivity contribution in [3.63, 3.8) is 0 Å². The van der Waals surface area contributed by atoms with E-state index < -0.39 is 12.3 Å². The molecule has 4 aromatic rings. The molecule has 1 fully saturated rings. The Morgan fingerprint density at radius 3 is 2.24 bits per heavy atom. The number of pyridine rings is 1. The van der Waals surface area contributed by atoms with E-state index in [2.05, 4.69) is 10.3 Å². The van der Waals surface area contributed by atoms with Crippen molar-refractivity contribution in [3.8, 4) is 0 Å². The van der Waals surface area contributed by atoms with E-state index in [1.807, 2.05) is 60.7 Å². The smallest absolute Gasteiger partial charge is 0.335 e. The molecule has 210 valence electrons. The molecule has 2 heterocycles. The lowest BCUT2D eigenvalue weighted by atomic mass is 10.0. The zero-order valence-corrected chi connectivity index (χ0v) is 23.0. The van der Waals surface area contributed by atoms with Gasteiger partial charge in [0.15, 0.2) is 6.29 Å². The minimum Gasteiger partial charge on any atom is -0.478 e. The number of hydrogen-bond donors (Lipinski definition) is 3. The van der Waals surface area contributed by atoms with Crippen LogP contribution in [0.4, 0.5) is 0 Å². The lowest BCUT2D eigenvalue weighted by Gasteiger charge is -2.36. The van der Waals surface area contributed by atoms with Gasteiger partial charge in [-0.25, -0.2) is 4.79 Å². The fourth-order valence-corrected chi connectivity index (χ4v) is 5.40. The van der Waals surface area contributed by atoms with Gasteiger partial charge in [-0.3, -0.25) is 9.78 Å². The number of thioether (sulfide) groups is 1. The molecule has 0 radical (unpaired) electrons. The van der Waals surface area contributed by atoms with E-state index in [0.717, 1.165) is 27.1 Å². The highest BCUT2D eigenvalue weighted by Crippen LogP contribution is 2.39. The number of aromatic nitrogens is 1. The standard InChI is InChI=1S/C32H30N2O6S/c35-19-22-5-7-23(8-6-22)29-16-27(20-41-28-13-11-24(12-14-28)31(37)38)39-32(40-29)25-9-3-21(4-10-25)17-34-30(36)26-2-1-15-33-18-26/h1-15,18,27,29,32,35H,16-17,19-20H2,(H,34,36)(H,37,38)/t27-,29+,32+/m1/s1. The van der Waals surface area contributed by atoms with Crippen LogP contribution >= 0.6 is 11.8 Å². The first kappa shape index (κ1) is 28.5. The summed E-state index contributed by atoms with van der Waals surface area (Å²) in [6.07, 6.45) is 2.88. The number of carbonyl (C=O) groups excluding carboxylic acids is 1. The Morgan fingerprint density at radius 1 is 0.878 bits per heavy atom. The third-order valence-electron chi connectivity index (χ3n) is 6.78. The van der Waals surface area contributed by atoms with E-state index in [9.17, 15) is 14.7 Å². The molecule has 3 aromatic carbocycles. The molecule has 0 saturated carbocycles. The summed E-state index contributed by atoms with van der Waals surface area (Å²) in [4.78, 5) is 28.5. The zero-order valence-electron chi connectivity index (χ0n) is 22.2. The van der Waals surface area contributed by atoms with Crippen LogP contribution in [0.3, 0.4) is 0 Å².